The van der Waals surface area contributed by atoms with Crippen LogP contribution in [0.3, 0.4) is 0 Å². The number of hydrogen-bond donors (Lipinski definition) is 1. The number of phenols is 1. The quantitative estimate of drug-likeness (QED) is 0.859. The van der Waals surface area contributed by atoms with Crippen LogP contribution in [0.5, 0.6) is 5.75 Å². The summed E-state index contributed by atoms with van der Waals surface area (Å²) in [5.41, 5.74) is 0.540. The maximum atomic E-state index is 10.1. The molecule has 0 aromatic heterocycles. The maximum absolute atomic E-state index is 10.1. The van der Waals surface area contributed by atoms with Crippen molar-refractivity contribution in [1.82, 2.24) is 0 Å². The second-order valence-electron chi connectivity index (χ2n) is 5.39. The average molecular weight is 286 g/mol. The maximum Gasteiger partial charge on any atom is 0.163 e. The van der Waals surface area contributed by atoms with Crippen LogP contribution in [-0.4, -0.2) is 15.6 Å². The minimum atomic E-state index is 0.0951. The minimum absolute atomic E-state index is 0.0951. The van der Waals surface area contributed by atoms with Crippen molar-refractivity contribution < 1.29 is 5.11 Å². The lowest BCUT2D eigenvalue weighted by Gasteiger charge is -2.17. The molecule has 0 aliphatic carbocycles. The second-order valence-corrected chi connectivity index (χ2v) is 8.46. The van der Waals surface area contributed by atoms with E-state index < -0.39 is 0 Å². The van der Waals surface area contributed by atoms with Gasteiger partial charge in [-0.25, -0.2) is 0 Å². The van der Waals surface area contributed by atoms with Gasteiger partial charge in [0.25, 0.3) is 0 Å². The van der Waals surface area contributed by atoms with Gasteiger partial charge in [-0.15, -0.1) is 0 Å². The largest absolute Gasteiger partial charge is 0.507 e. The molecule has 2 nitrogen and oxygen atoms in total. The molecule has 0 radical (unpaired) electrons. The summed E-state index contributed by atoms with van der Waals surface area (Å²) in [7, 11) is 0.0951. The van der Waals surface area contributed by atoms with Crippen molar-refractivity contribution >= 4 is 21.7 Å². The van der Waals surface area contributed by atoms with Gasteiger partial charge < -0.3 is 5.11 Å². The number of phenolic OH excluding ortho intramolecular Hbond substituents is 1. The van der Waals surface area contributed by atoms with E-state index in [1.165, 1.54) is 4.90 Å². The van der Waals surface area contributed by atoms with Crippen LogP contribution in [0.1, 0.15) is 33.3 Å². The van der Waals surface area contributed by atoms with E-state index >= 15 is 0 Å². The van der Waals surface area contributed by atoms with E-state index in [4.69, 9.17) is 0 Å². The summed E-state index contributed by atoms with van der Waals surface area (Å²) in [6.07, 6.45) is 0. The zero-order valence-electron chi connectivity index (χ0n) is 12.3. The summed E-state index contributed by atoms with van der Waals surface area (Å²) in [6.45, 7) is 8.93. The Kier molecular flexibility index (Phi) is 4.25. The van der Waals surface area contributed by atoms with Crippen molar-refractivity contribution in [2.75, 3.05) is 0 Å². The van der Waals surface area contributed by atoms with E-state index in [-0.39, 0.29) is 16.6 Å². The first kappa shape index (κ1) is 14.7. The fraction of sp³-hybridized carbons (Fsp3) is 0.353. The molecule has 0 heterocycles. The summed E-state index contributed by atoms with van der Waals surface area (Å²) in [6, 6.07) is 11.6. The lowest BCUT2D eigenvalue weighted by Crippen LogP contribution is -2.24. The number of fused-ring (bicyclic) bond motifs is 1. The summed E-state index contributed by atoms with van der Waals surface area (Å²) in [4.78, 5) is 1.25. The third kappa shape index (κ3) is 2.48. The molecular formula is C17H20NOS+. The molecular weight excluding hydrogens is 266 g/mol. The summed E-state index contributed by atoms with van der Waals surface area (Å²) >= 11 is 0. The van der Waals surface area contributed by atoms with Crippen LogP contribution in [0.15, 0.2) is 35.2 Å². The standard InChI is InChI=1S/C17H19NOS/c1-11(2)20(12(3)4)16-9-8-15(19)17-13(10-18)6-5-7-14(16)17/h5-9,11-12H,1-4H3/p+1. The van der Waals surface area contributed by atoms with E-state index in [9.17, 15) is 10.4 Å². The first-order chi connectivity index (χ1) is 9.47. The van der Waals surface area contributed by atoms with Crippen LogP contribution in [0.25, 0.3) is 10.8 Å². The van der Waals surface area contributed by atoms with Crippen LogP contribution >= 0.6 is 0 Å². The van der Waals surface area contributed by atoms with Crippen molar-refractivity contribution in [1.29, 1.82) is 5.26 Å². The van der Waals surface area contributed by atoms with Crippen molar-refractivity contribution in [3.05, 3.63) is 35.9 Å². The Bertz CT molecular complexity index is 662. The van der Waals surface area contributed by atoms with Gasteiger partial charge in [0.1, 0.15) is 16.2 Å². The van der Waals surface area contributed by atoms with Gasteiger partial charge in [-0.1, -0.05) is 6.07 Å². The molecule has 0 fully saturated rings. The number of hydrogen-bond acceptors (Lipinski definition) is 2. The SMILES string of the molecule is CC(C)[S+](c1ccc(O)c2c(C#N)cccc12)C(C)C. The molecule has 2 aromatic rings. The van der Waals surface area contributed by atoms with Crippen LogP contribution in [0.2, 0.25) is 0 Å². The Balaban J connectivity index is 2.80. The van der Waals surface area contributed by atoms with Gasteiger partial charge in [0.15, 0.2) is 4.90 Å². The molecule has 0 atom stereocenters. The van der Waals surface area contributed by atoms with Crippen molar-refractivity contribution in [2.24, 2.45) is 0 Å². The summed E-state index contributed by atoms with van der Waals surface area (Å²) in [5, 5.41) is 22.1. The Morgan fingerprint density at radius 2 is 1.70 bits per heavy atom. The van der Waals surface area contributed by atoms with Crippen LogP contribution in [0.4, 0.5) is 0 Å². The zero-order chi connectivity index (χ0) is 14.9. The Morgan fingerprint density at radius 3 is 2.25 bits per heavy atom. The van der Waals surface area contributed by atoms with Crippen LogP contribution in [-0.2, 0) is 10.9 Å². The highest BCUT2D eigenvalue weighted by molar-refractivity contribution is 7.98. The first-order valence-electron chi connectivity index (χ1n) is 6.84. The molecule has 0 aliphatic rings. The number of nitrogens with zero attached hydrogens (tertiary/aromatic N) is 1. The van der Waals surface area contributed by atoms with Crippen molar-refractivity contribution in [2.45, 2.75) is 43.1 Å². The third-order valence-electron chi connectivity index (χ3n) is 3.37. The Labute approximate surface area is 123 Å². The lowest BCUT2D eigenvalue weighted by atomic mass is 10.0. The fourth-order valence-electron chi connectivity index (χ4n) is 2.71. The molecule has 104 valence electrons. The summed E-state index contributed by atoms with van der Waals surface area (Å²) < 4.78 is 0. The molecule has 0 bridgehead atoms. The van der Waals surface area contributed by atoms with Crippen LogP contribution in [0, 0.1) is 11.3 Å². The molecule has 0 amide bonds. The number of rotatable bonds is 3. The van der Waals surface area contributed by atoms with Gasteiger partial charge in [0, 0.05) is 21.7 Å². The van der Waals surface area contributed by atoms with Gasteiger partial charge in [0.2, 0.25) is 0 Å². The highest BCUT2D eigenvalue weighted by Crippen LogP contribution is 2.36. The fourth-order valence-corrected chi connectivity index (χ4v) is 5.47. The number of nitriles is 1. The van der Waals surface area contributed by atoms with E-state index in [0.717, 1.165) is 5.39 Å². The van der Waals surface area contributed by atoms with E-state index in [2.05, 4.69) is 33.8 Å². The molecule has 0 unspecified atom stereocenters. The van der Waals surface area contributed by atoms with Gasteiger partial charge in [-0.3, -0.25) is 0 Å². The average Bonchev–Trinajstić information content (AvgIpc) is 2.40. The third-order valence-corrected chi connectivity index (χ3v) is 6.26. The molecule has 0 aliphatic heterocycles. The number of benzene rings is 2. The van der Waals surface area contributed by atoms with Gasteiger partial charge in [-0.2, -0.15) is 5.26 Å². The highest BCUT2D eigenvalue weighted by atomic mass is 32.2. The van der Waals surface area contributed by atoms with Gasteiger partial charge >= 0.3 is 0 Å². The monoisotopic (exact) mass is 286 g/mol. The molecule has 2 aromatic carbocycles. The van der Waals surface area contributed by atoms with E-state index in [1.54, 1.807) is 12.1 Å². The summed E-state index contributed by atoms with van der Waals surface area (Å²) in [5.74, 6) is 0.192. The number of aromatic hydroxyl groups is 1. The van der Waals surface area contributed by atoms with Crippen LogP contribution < -0.4 is 0 Å². The molecule has 1 N–H and O–H groups in total. The molecule has 0 saturated carbocycles. The molecule has 0 spiro atoms. The Hall–Kier alpha value is -1.66. The zero-order valence-corrected chi connectivity index (χ0v) is 13.2. The molecule has 3 heteroatoms. The molecule has 2 rings (SSSR count). The smallest absolute Gasteiger partial charge is 0.163 e. The van der Waals surface area contributed by atoms with Crippen molar-refractivity contribution in [3.63, 3.8) is 0 Å². The predicted octanol–water partition coefficient (Wildman–Crippen LogP) is 4.21. The van der Waals surface area contributed by atoms with Gasteiger partial charge in [0.05, 0.1) is 11.6 Å². The van der Waals surface area contributed by atoms with Crippen molar-refractivity contribution in [3.8, 4) is 11.8 Å². The topological polar surface area (TPSA) is 44.0 Å². The molecule has 0 saturated heterocycles. The Morgan fingerprint density at radius 1 is 1.05 bits per heavy atom. The lowest BCUT2D eigenvalue weighted by molar-refractivity contribution is 0.481. The second kappa shape index (κ2) is 5.76. The predicted molar refractivity (Wildman–Crippen MR) is 86.2 cm³/mol. The normalized spacial score (nSPS) is 11.5. The first-order valence-corrected chi connectivity index (χ1v) is 8.19. The van der Waals surface area contributed by atoms with Gasteiger partial charge in [-0.05, 0) is 52.0 Å². The highest BCUT2D eigenvalue weighted by Gasteiger charge is 2.32. The molecule has 20 heavy (non-hydrogen) atoms. The minimum Gasteiger partial charge on any atom is -0.507 e. The van der Waals surface area contributed by atoms with E-state index in [1.807, 2.05) is 18.2 Å². The van der Waals surface area contributed by atoms with E-state index in [0.29, 0.717) is 21.4 Å².